The molecule has 2 heterocycles. The Labute approximate surface area is 121 Å². The Morgan fingerprint density at radius 1 is 1.25 bits per heavy atom. The zero-order valence-corrected chi connectivity index (χ0v) is 12.3. The highest BCUT2D eigenvalue weighted by Crippen LogP contribution is 2.32. The van der Waals surface area contributed by atoms with Gasteiger partial charge in [-0.1, -0.05) is 0 Å². The van der Waals surface area contributed by atoms with Gasteiger partial charge in [-0.2, -0.15) is 0 Å². The average Bonchev–Trinajstić information content (AvgIpc) is 2.78. The largest absolute Gasteiger partial charge is 0.397 e. The van der Waals surface area contributed by atoms with E-state index >= 15 is 0 Å². The highest BCUT2D eigenvalue weighted by molar-refractivity contribution is 7.18. The molecule has 0 fully saturated rings. The van der Waals surface area contributed by atoms with Crippen LogP contribution < -0.4 is 10.6 Å². The summed E-state index contributed by atoms with van der Waals surface area (Å²) in [7, 11) is 2.04. The summed E-state index contributed by atoms with van der Waals surface area (Å²) < 4.78 is 1.14. The number of benzene rings is 1. The third-order valence-corrected chi connectivity index (χ3v) is 4.16. The third kappa shape index (κ3) is 2.44. The second-order valence-corrected chi connectivity index (χ2v) is 6.06. The van der Waals surface area contributed by atoms with E-state index in [2.05, 4.69) is 20.9 Å². The number of aryl methyl sites for hydroxylation is 1. The molecule has 0 bridgehead atoms. The van der Waals surface area contributed by atoms with Crippen molar-refractivity contribution in [1.82, 2.24) is 9.97 Å². The molecule has 102 valence electrons. The first-order valence-corrected chi connectivity index (χ1v) is 7.22. The molecule has 0 saturated carbocycles. The van der Waals surface area contributed by atoms with E-state index in [9.17, 15) is 0 Å². The first kappa shape index (κ1) is 12.9. The van der Waals surface area contributed by atoms with E-state index in [-0.39, 0.29) is 0 Å². The summed E-state index contributed by atoms with van der Waals surface area (Å²) in [6.45, 7) is 2.81. The molecule has 3 rings (SSSR count). The zero-order chi connectivity index (χ0) is 14.1. The Kier molecular flexibility index (Phi) is 3.28. The molecule has 4 nitrogen and oxygen atoms in total. The van der Waals surface area contributed by atoms with Gasteiger partial charge in [-0.15, -0.1) is 11.3 Å². The Bertz CT molecular complexity index is 736. The molecule has 20 heavy (non-hydrogen) atoms. The Morgan fingerprint density at radius 3 is 2.75 bits per heavy atom. The number of nitrogens with two attached hydrogens (primary N) is 1. The monoisotopic (exact) mass is 284 g/mol. The lowest BCUT2D eigenvalue weighted by atomic mass is 10.2. The summed E-state index contributed by atoms with van der Waals surface area (Å²) in [4.78, 5) is 10.7. The predicted molar refractivity (Wildman–Crippen MR) is 85.1 cm³/mol. The second kappa shape index (κ2) is 5.09. The van der Waals surface area contributed by atoms with Gasteiger partial charge in [-0.3, -0.25) is 4.98 Å². The molecule has 0 saturated heterocycles. The fourth-order valence-corrected chi connectivity index (χ4v) is 3.13. The van der Waals surface area contributed by atoms with Gasteiger partial charge in [0, 0.05) is 26.0 Å². The van der Waals surface area contributed by atoms with Gasteiger partial charge in [0.15, 0.2) is 0 Å². The molecule has 2 N–H and O–H groups in total. The molecule has 0 radical (unpaired) electrons. The number of fused-ring (bicyclic) bond motifs is 1. The van der Waals surface area contributed by atoms with E-state index in [0.29, 0.717) is 0 Å². The second-order valence-electron chi connectivity index (χ2n) is 4.82. The average molecular weight is 284 g/mol. The molecule has 0 aliphatic rings. The van der Waals surface area contributed by atoms with Gasteiger partial charge >= 0.3 is 0 Å². The van der Waals surface area contributed by atoms with Crippen molar-refractivity contribution in [2.45, 2.75) is 13.5 Å². The van der Waals surface area contributed by atoms with Crippen LogP contribution in [-0.2, 0) is 6.54 Å². The maximum atomic E-state index is 6.18. The Hall–Kier alpha value is -2.14. The smallest absolute Gasteiger partial charge is 0.0907 e. The van der Waals surface area contributed by atoms with Crippen molar-refractivity contribution in [3.63, 3.8) is 0 Å². The van der Waals surface area contributed by atoms with E-state index in [0.717, 1.165) is 33.1 Å². The van der Waals surface area contributed by atoms with Crippen molar-refractivity contribution >= 4 is 32.9 Å². The van der Waals surface area contributed by atoms with Gasteiger partial charge in [-0.25, -0.2) is 4.98 Å². The summed E-state index contributed by atoms with van der Waals surface area (Å²) in [5.74, 6) is 0. The number of anilines is 2. The van der Waals surface area contributed by atoms with Gasteiger partial charge in [-0.05, 0) is 36.8 Å². The van der Waals surface area contributed by atoms with Crippen molar-refractivity contribution in [1.29, 1.82) is 0 Å². The third-order valence-electron chi connectivity index (χ3n) is 3.22. The first-order valence-electron chi connectivity index (χ1n) is 6.40. The summed E-state index contributed by atoms with van der Waals surface area (Å²) in [6, 6.07) is 8.10. The molecule has 0 atom stereocenters. The number of hydrogen-bond acceptors (Lipinski definition) is 5. The maximum Gasteiger partial charge on any atom is 0.0907 e. The van der Waals surface area contributed by atoms with Crippen LogP contribution in [0.1, 0.15) is 10.6 Å². The summed E-state index contributed by atoms with van der Waals surface area (Å²) in [6.07, 6.45) is 3.61. The Morgan fingerprint density at radius 2 is 2.00 bits per heavy atom. The van der Waals surface area contributed by atoms with Gasteiger partial charge in [0.1, 0.15) is 0 Å². The van der Waals surface area contributed by atoms with Gasteiger partial charge < -0.3 is 10.6 Å². The molecule has 0 spiro atoms. The van der Waals surface area contributed by atoms with E-state index in [1.54, 1.807) is 23.7 Å². The number of thiazole rings is 1. The van der Waals surface area contributed by atoms with E-state index < -0.39 is 0 Å². The van der Waals surface area contributed by atoms with Crippen LogP contribution in [0.15, 0.2) is 36.7 Å². The molecular formula is C15H16N4S. The molecule has 5 heteroatoms. The lowest BCUT2D eigenvalue weighted by molar-refractivity contribution is 0.922. The van der Waals surface area contributed by atoms with Crippen LogP contribution in [0.25, 0.3) is 10.2 Å². The van der Waals surface area contributed by atoms with Crippen LogP contribution in [0, 0.1) is 6.92 Å². The van der Waals surface area contributed by atoms with Crippen molar-refractivity contribution in [3.05, 3.63) is 47.2 Å². The van der Waals surface area contributed by atoms with Crippen molar-refractivity contribution in [3.8, 4) is 0 Å². The van der Waals surface area contributed by atoms with E-state index in [1.807, 2.05) is 32.2 Å². The summed E-state index contributed by atoms with van der Waals surface area (Å²) in [5, 5.41) is 1.06. The summed E-state index contributed by atoms with van der Waals surface area (Å²) >= 11 is 1.67. The quantitative estimate of drug-likeness (QED) is 0.750. The number of nitrogen functional groups attached to an aromatic ring is 1. The number of hydrogen-bond donors (Lipinski definition) is 1. The fourth-order valence-electron chi connectivity index (χ4n) is 2.27. The standard InChI is InChI=1S/C15H16N4S/c1-10-18-13-8-14(12(16)7-15(13)20-10)19(2)9-11-3-5-17-6-4-11/h3-8H,9,16H2,1-2H3. The van der Waals surface area contributed by atoms with Crippen LogP contribution in [0.3, 0.4) is 0 Å². The predicted octanol–water partition coefficient (Wildman–Crippen LogP) is 3.22. The molecule has 0 unspecified atom stereocenters. The molecule has 3 aromatic rings. The Balaban J connectivity index is 1.94. The number of nitrogens with zero attached hydrogens (tertiary/aromatic N) is 3. The van der Waals surface area contributed by atoms with Crippen LogP contribution in [0.2, 0.25) is 0 Å². The topological polar surface area (TPSA) is 55.0 Å². The van der Waals surface area contributed by atoms with Crippen LogP contribution in [-0.4, -0.2) is 17.0 Å². The van der Waals surface area contributed by atoms with Crippen LogP contribution in [0.5, 0.6) is 0 Å². The first-order chi connectivity index (χ1) is 9.63. The minimum atomic E-state index is 0.790. The fraction of sp³-hybridized carbons (Fsp3) is 0.200. The highest BCUT2D eigenvalue weighted by atomic mass is 32.1. The van der Waals surface area contributed by atoms with Gasteiger partial charge in [0.25, 0.3) is 0 Å². The van der Waals surface area contributed by atoms with Crippen molar-refractivity contribution in [2.24, 2.45) is 0 Å². The van der Waals surface area contributed by atoms with Gasteiger partial charge in [0.2, 0.25) is 0 Å². The zero-order valence-electron chi connectivity index (χ0n) is 11.5. The highest BCUT2D eigenvalue weighted by Gasteiger charge is 2.10. The molecular weight excluding hydrogens is 268 g/mol. The minimum Gasteiger partial charge on any atom is -0.397 e. The van der Waals surface area contributed by atoms with Crippen LogP contribution in [0.4, 0.5) is 11.4 Å². The normalized spacial score (nSPS) is 10.9. The minimum absolute atomic E-state index is 0.790. The number of pyridine rings is 1. The maximum absolute atomic E-state index is 6.18. The molecule has 2 aromatic heterocycles. The van der Waals surface area contributed by atoms with E-state index in [4.69, 9.17) is 5.73 Å². The van der Waals surface area contributed by atoms with Gasteiger partial charge in [0.05, 0.1) is 26.6 Å². The number of aromatic nitrogens is 2. The molecule has 1 aromatic carbocycles. The SMILES string of the molecule is Cc1nc2cc(N(C)Cc3ccncc3)c(N)cc2s1. The van der Waals surface area contributed by atoms with Crippen molar-refractivity contribution < 1.29 is 0 Å². The molecule has 0 aliphatic heterocycles. The molecule has 0 aliphatic carbocycles. The lowest BCUT2D eigenvalue weighted by Gasteiger charge is -2.21. The molecule has 0 amide bonds. The number of rotatable bonds is 3. The van der Waals surface area contributed by atoms with Crippen LogP contribution >= 0.6 is 11.3 Å². The summed E-state index contributed by atoms with van der Waals surface area (Å²) in [5.41, 5.74) is 10.2. The van der Waals surface area contributed by atoms with Crippen molar-refractivity contribution in [2.75, 3.05) is 17.7 Å². The lowest BCUT2D eigenvalue weighted by Crippen LogP contribution is -2.17. The van der Waals surface area contributed by atoms with E-state index in [1.165, 1.54) is 5.56 Å².